The number of carbonyl (C=O) groups is 2. The predicted octanol–water partition coefficient (Wildman–Crippen LogP) is 4.87. The molecule has 1 aliphatic carbocycles. The van der Waals surface area contributed by atoms with E-state index < -0.39 is 6.16 Å². The molecule has 1 aliphatic rings. The molecule has 0 bridgehead atoms. The molecule has 0 saturated heterocycles. The van der Waals surface area contributed by atoms with E-state index in [1.807, 2.05) is 31.2 Å². The van der Waals surface area contributed by atoms with E-state index in [1.165, 1.54) is 11.3 Å². The van der Waals surface area contributed by atoms with E-state index in [1.54, 1.807) is 6.92 Å². The maximum atomic E-state index is 12.6. The molecule has 1 aromatic carbocycles. The maximum absolute atomic E-state index is 12.6. The SMILES string of the molecule is CCOC(=O)OCC1CCc2c(sc(NC(=O)CCc3ccccc3OCC)c2C#N)C1. The molecule has 1 N–H and O–H groups in total. The van der Waals surface area contributed by atoms with E-state index >= 15 is 0 Å². The van der Waals surface area contributed by atoms with Gasteiger partial charge in [-0.15, -0.1) is 11.3 Å². The predicted molar refractivity (Wildman–Crippen MR) is 122 cm³/mol. The summed E-state index contributed by atoms with van der Waals surface area (Å²) in [6, 6.07) is 9.96. The summed E-state index contributed by atoms with van der Waals surface area (Å²) in [4.78, 5) is 25.1. The Balaban J connectivity index is 1.60. The molecule has 1 amide bonds. The van der Waals surface area contributed by atoms with Crippen molar-refractivity contribution in [1.82, 2.24) is 0 Å². The van der Waals surface area contributed by atoms with Crippen LogP contribution in [0.4, 0.5) is 9.80 Å². The normalized spacial score (nSPS) is 14.7. The Morgan fingerprint density at radius 1 is 1.22 bits per heavy atom. The molecule has 7 nitrogen and oxygen atoms in total. The fraction of sp³-hybridized carbons (Fsp3) is 0.458. The van der Waals surface area contributed by atoms with Crippen LogP contribution in [-0.4, -0.2) is 31.9 Å². The lowest BCUT2D eigenvalue weighted by atomic mass is 9.88. The van der Waals surface area contributed by atoms with Crippen molar-refractivity contribution in [2.75, 3.05) is 25.1 Å². The molecule has 8 heteroatoms. The van der Waals surface area contributed by atoms with Crippen molar-refractivity contribution in [2.24, 2.45) is 5.92 Å². The van der Waals surface area contributed by atoms with Crippen LogP contribution >= 0.6 is 11.3 Å². The molecule has 0 spiro atoms. The van der Waals surface area contributed by atoms with E-state index in [0.29, 0.717) is 43.0 Å². The van der Waals surface area contributed by atoms with E-state index in [0.717, 1.165) is 34.6 Å². The van der Waals surface area contributed by atoms with Gasteiger partial charge in [-0.1, -0.05) is 18.2 Å². The van der Waals surface area contributed by atoms with E-state index in [2.05, 4.69) is 11.4 Å². The van der Waals surface area contributed by atoms with Crippen LogP contribution in [0.15, 0.2) is 24.3 Å². The van der Waals surface area contributed by atoms with Crippen molar-refractivity contribution >= 4 is 28.4 Å². The molecule has 1 atom stereocenters. The van der Waals surface area contributed by atoms with Crippen molar-refractivity contribution < 1.29 is 23.8 Å². The summed E-state index contributed by atoms with van der Waals surface area (Å²) in [6.07, 6.45) is 2.46. The van der Waals surface area contributed by atoms with Crippen molar-refractivity contribution in [3.05, 3.63) is 45.8 Å². The topological polar surface area (TPSA) is 97.7 Å². The smallest absolute Gasteiger partial charge is 0.494 e. The number of nitrogens with zero attached hydrogens (tertiary/aromatic N) is 1. The van der Waals surface area contributed by atoms with Gasteiger partial charge in [0.25, 0.3) is 0 Å². The summed E-state index contributed by atoms with van der Waals surface area (Å²) in [6.45, 7) is 4.81. The van der Waals surface area contributed by atoms with Gasteiger partial charge in [-0.3, -0.25) is 4.79 Å². The maximum Gasteiger partial charge on any atom is 0.508 e. The first-order valence-electron chi connectivity index (χ1n) is 10.9. The highest BCUT2D eigenvalue weighted by atomic mass is 32.1. The number of para-hydroxylation sites is 1. The molecule has 1 aromatic heterocycles. The Morgan fingerprint density at radius 2 is 2.03 bits per heavy atom. The van der Waals surface area contributed by atoms with Crippen LogP contribution in [0.2, 0.25) is 0 Å². The number of carbonyl (C=O) groups excluding carboxylic acids is 2. The number of hydrogen-bond donors (Lipinski definition) is 1. The molecule has 170 valence electrons. The lowest BCUT2D eigenvalue weighted by molar-refractivity contribution is -0.116. The molecule has 1 unspecified atom stereocenters. The van der Waals surface area contributed by atoms with Gasteiger partial charge in [0, 0.05) is 11.3 Å². The van der Waals surface area contributed by atoms with Gasteiger partial charge in [-0.2, -0.15) is 5.26 Å². The second kappa shape index (κ2) is 11.5. The Morgan fingerprint density at radius 3 is 2.78 bits per heavy atom. The standard InChI is InChI=1S/C24H28N2O5S/c1-3-29-20-8-6-5-7-17(20)10-12-22(27)26-23-19(14-25)18-11-9-16(13-21(18)32-23)15-31-24(28)30-4-2/h5-8,16H,3-4,9-13,15H2,1-2H3,(H,26,27). The highest BCUT2D eigenvalue weighted by Crippen LogP contribution is 2.39. The van der Waals surface area contributed by atoms with Crippen LogP contribution in [0.25, 0.3) is 0 Å². The average Bonchev–Trinajstić information content (AvgIpc) is 3.13. The number of benzene rings is 1. The number of anilines is 1. The van der Waals surface area contributed by atoms with E-state index in [4.69, 9.17) is 14.2 Å². The summed E-state index contributed by atoms with van der Waals surface area (Å²) in [5, 5.41) is 13.2. The minimum atomic E-state index is -0.652. The zero-order valence-corrected chi connectivity index (χ0v) is 19.3. The fourth-order valence-corrected chi connectivity index (χ4v) is 5.12. The number of aryl methyl sites for hydroxylation is 1. The van der Waals surface area contributed by atoms with Crippen LogP contribution in [-0.2, 0) is 33.5 Å². The van der Waals surface area contributed by atoms with Crippen molar-refractivity contribution in [2.45, 2.75) is 46.0 Å². The van der Waals surface area contributed by atoms with Gasteiger partial charge in [0.15, 0.2) is 0 Å². The second-order valence-electron chi connectivity index (χ2n) is 7.51. The molecular weight excluding hydrogens is 428 g/mol. The summed E-state index contributed by atoms with van der Waals surface area (Å²) in [7, 11) is 0. The largest absolute Gasteiger partial charge is 0.508 e. The van der Waals surface area contributed by atoms with Gasteiger partial charge >= 0.3 is 6.16 Å². The Labute approximate surface area is 192 Å². The van der Waals surface area contributed by atoms with Gasteiger partial charge < -0.3 is 19.5 Å². The molecule has 0 fully saturated rings. The van der Waals surface area contributed by atoms with Gasteiger partial charge in [-0.25, -0.2) is 4.79 Å². The lowest BCUT2D eigenvalue weighted by Gasteiger charge is -2.21. The summed E-state index contributed by atoms with van der Waals surface area (Å²) in [5.74, 6) is 0.840. The van der Waals surface area contributed by atoms with Gasteiger partial charge in [-0.05, 0) is 62.6 Å². The molecule has 0 saturated carbocycles. The summed E-state index contributed by atoms with van der Waals surface area (Å²) in [5.41, 5.74) is 2.54. The van der Waals surface area contributed by atoms with Crippen LogP contribution in [0.1, 0.15) is 48.3 Å². The summed E-state index contributed by atoms with van der Waals surface area (Å²) < 4.78 is 15.6. The monoisotopic (exact) mass is 456 g/mol. The average molecular weight is 457 g/mol. The number of hydrogen-bond acceptors (Lipinski definition) is 7. The minimum Gasteiger partial charge on any atom is -0.494 e. The number of amides is 1. The Bertz CT molecular complexity index is 995. The number of ether oxygens (including phenoxy) is 3. The van der Waals surface area contributed by atoms with Crippen molar-refractivity contribution in [1.29, 1.82) is 5.26 Å². The third-order valence-corrected chi connectivity index (χ3v) is 6.49. The first-order valence-corrected chi connectivity index (χ1v) is 11.7. The zero-order chi connectivity index (χ0) is 22.9. The first kappa shape index (κ1) is 23.6. The van der Waals surface area contributed by atoms with Crippen molar-refractivity contribution in [3.63, 3.8) is 0 Å². The molecule has 1 heterocycles. The number of thiophene rings is 1. The molecule has 2 aromatic rings. The number of rotatable bonds is 9. The Kier molecular flexibility index (Phi) is 8.51. The molecule has 32 heavy (non-hydrogen) atoms. The quantitative estimate of drug-likeness (QED) is 0.541. The second-order valence-corrected chi connectivity index (χ2v) is 8.62. The van der Waals surface area contributed by atoms with Crippen molar-refractivity contribution in [3.8, 4) is 11.8 Å². The van der Waals surface area contributed by atoms with Gasteiger partial charge in [0.05, 0.1) is 25.4 Å². The van der Waals surface area contributed by atoms with Gasteiger partial charge in [0.1, 0.15) is 16.8 Å². The van der Waals surface area contributed by atoms with Crippen LogP contribution < -0.4 is 10.1 Å². The molecule has 3 rings (SSSR count). The van der Waals surface area contributed by atoms with E-state index in [9.17, 15) is 14.9 Å². The number of nitrogens with one attached hydrogen (secondary N) is 1. The minimum absolute atomic E-state index is 0.131. The highest BCUT2D eigenvalue weighted by Gasteiger charge is 2.27. The number of nitriles is 1. The lowest BCUT2D eigenvalue weighted by Crippen LogP contribution is -2.21. The van der Waals surface area contributed by atoms with Gasteiger partial charge in [0.2, 0.25) is 5.91 Å². The molecular formula is C24H28N2O5S. The highest BCUT2D eigenvalue weighted by molar-refractivity contribution is 7.16. The fourth-order valence-electron chi connectivity index (χ4n) is 3.79. The van der Waals surface area contributed by atoms with Crippen LogP contribution in [0.5, 0.6) is 5.75 Å². The zero-order valence-electron chi connectivity index (χ0n) is 18.4. The third-order valence-electron chi connectivity index (χ3n) is 5.33. The molecule has 0 aliphatic heterocycles. The third kappa shape index (κ3) is 6.01. The van der Waals surface area contributed by atoms with E-state index in [-0.39, 0.29) is 18.4 Å². The van der Waals surface area contributed by atoms with Crippen LogP contribution in [0.3, 0.4) is 0 Å². The summed E-state index contributed by atoms with van der Waals surface area (Å²) >= 11 is 1.45. The Hall–Kier alpha value is -3.05. The molecule has 0 radical (unpaired) electrons. The number of fused-ring (bicyclic) bond motifs is 1. The first-order chi connectivity index (χ1) is 15.5. The van der Waals surface area contributed by atoms with Crippen LogP contribution in [0, 0.1) is 17.2 Å².